The number of ether oxygens (including phenoxy) is 1. The molecule has 1 aliphatic carbocycles. The Morgan fingerprint density at radius 2 is 1.97 bits per heavy atom. The molecule has 2 aliphatic heterocycles. The van der Waals surface area contributed by atoms with Gasteiger partial charge in [0.2, 0.25) is 0 Å². The van der Waals surface area contributed by atoms with Crippen LogP contribution in [0.25, 0.3) is 5.57 Å². The second kappa shape index (κ2) is 8.08. The molecule has 6 nitrogen and oxygen atoms in total. The molecule has 1 aromatic heterocycles. The molecule has 0 unspecified atom stereocenters. The first kappa shape index (κ1) is 21.3. The third kappa shape index (κ3) is 4.50. The van der Waals surface area contributed by atoms with Crippen molar-refractivity contribution < 1.29 is 22.7 Å². The fourth-order valence-corrected chi connectivity index (χ4v) is 4.00. The minimum Gasteiger partial charge on any atom is -0.325 e. The summed E-state index contributed by atoms with van der Waals surface area (Å²) in [6, 6.07) is 6.19. The number of amides is 2. The minimum absolute atomic E-state index is 0.324. The first-order valence-corrected chi connectivity index (χ1v) is 10.8. The molecule has 3 heterocycles. The Kier molecular flexibility index (Phi) is 5.21. The Labute approximate surface area is 188 Å². The van der Waals surface area contributed by atoms with Gasteiger partial charge in [0, 0.05) is 25.0 Å². The van der Waals surface area contributed by atoms with Crippen molar-refractivity contribution in [2.24, 2.45) is 0 Å². The van der Waals surface area contributed by atoms with Crippen LogP contribution in [-0.2, 0) is 10.9 Å². The Bertz CT molecular complexity index is 1210. The van der Waals surface area contributed by atoms with Gasteiger partial charge in [-0.2, -0.15) is 13.2 Å². The number of anilines is 1. The molecule has 0 saturated heterocycles. The number of halogens is 3. The average molecular weight is 455 g/mol. The van der Waals surface area contributed by atoms with Gasteiger partial charge in [-0.15, -0.1) is 0 Å². The summed E-state index contributed by atoms with van der Waals surface area (Å²) in [5, 5.41) is 2.67. The van der Waals surface area contributed by atoms with E-state index >= 15 is 0 Å². The number of nitrogens with one attached hydrogen (secondary N) is 1. The van der Waals surface area contributed by atoms with Crippen LogP contribution in [0.3, 0.4) is 0 Å². The number of nitrogens with zero attached hydrogens (tertiary/aromatic N) is 3. The smallest absolute Gasteiger partial charge is 0.325 e. The molecule has 5 rings (SSSR count). The average Bonchev–Trinajstić information content (AvgIpc) is 3.62. The zero-order valence-electron chi connectivity index (χ0n) is 17.9. The van der Waals surface area contributed by atoms with E-state index in [0.717, 1.165) is 41.8 Å². The third-order valence-electron chi connectivity index (χ3n) is 5.95. The molecule has 1 fully saturated rings. The Morgan fingerprint density at radius 3 is 2.55 bits per heavy atom. The molecule has 33 heavy (non-hydrogen) atoms. The van der Waals surface area contributed by atoms with Crippen molar-refractivity contribution in [3.05, 3.63) is 65.0 Å². The number of benzene rings is 1. The number of hydrogen-bond acceptors (Lipinski definition) is 3. The van der Waals surface area contributed by atoms with Gasteiger partial charge < -0.3 is 15.0 Å². The van der Waals surface area contributed by atoms with Crippen molar-refractivity contribution in [1.29, 1.82) is 0 Å². The van der Waals surface area contributed by atoms with E-state index in [1.54, 1.807) is 18.0 Å². The first-order valence-electron chi connectivity index (χ1n) is 10.8. The highest BCUT2D eigenvalue weighted by Gasteiger charge is 2.34. The summed E-state index contributed by atoms with van der Waals surface area (Å²) < 4.78 is 47.9. The largest absolute Gasteiger partial charge is 0.511 e. The van der Waals surface area contributed by atoms with Crippen LogP contribution in [0.2, 0.25) is 0 Å². The zero-order chi connectivity index (χ0) is 23.2. The molecule has 2 amide bonds. The van der Waals surface area contributed by atoms with Crippen molar-refractivity contribution >= 4 is 29.1 Å². The molecule has 0 radical (unpaired) electrons. The molecule has 3 aliphatic rings. The van der Waals surface area contributed by atoms with Gasteiger partial charge in [0.05, 0.1) is 18.2 Å². The molecule has 1 N–H and O–H groups in total. The maximum absolute atomic E-state index is 12.7. The summed E-state index contributed by atoms with van der Waals surface area (Å²) in [5.41, 5.74) is 3.70. The van der Waals surface area contributed by atoms with E-state index in [1.807, 2.05) is 6.08 Å². The molecular weight excluding hydrogens is 433 g/mol. The van der Waals surface area contributed by atoms with Crippen LogP contribution in [0.1, 0.15) is 54.5 Å². The molecule has 0 spiro atoms. The van der Waals surface area contributed by atoms with E-state index in [4.69, 9.17) is 9.72 Å². The van der Waals surface area contributed by atoms with Gasteiger partial charge in [0.15, 0.2) is 0 Å². The summed E-state index contributed by atoms with van der Waals surface area (Å²) in [7, 11) is 0. The summed E-state index contributed by atoms with van der Waals surface area (Å²) in [4.78, 5) is 18.9. The molecule has 0 bridgehead atoms. The maximum Gasteiger partial charge on any atom is 0.511 e. The van der Waals surface area contributed by atoms with Crippen molar-refractivity contribution in [3.8, 4) is 0 Å². The van der Waals surface area contributed by atoms with E-state index in [0.29, 0.717) is 42.9 Å². The van der Waals surface area contributed by atoms with Crippen LogP contribution in [0.4, 0.5) is 23.7 Å². The van der Waals surface area contributed by atoms with Crippen molar-refractivity contribution in [3.63, 3.8) is 0 Å². The fraction of sp³-hybridized carbons (Fsp3) is 0.333. The van der Waals surface area contributed by atoms with Crippen LogP contribution in [-0.4, -0.2) is 40.8 Å². The maximum atomic E-state index is 12.7. The Morgan fingerprint density at radius 1 is 1.24 bits per heavy atom. The Balaban J connectivity index is 1.27. The predicted molar refractivity (Wildman–Crippen MR) is 119 cm³/mol. The SMILES string of the molecule is CC1=[N+]=C(c2cnc(C3=CCN(C(=O)Nc4ccc(C(F)(F)F)cc4)CC3)c(C3CC3)c2)O1. The standard InChI is InChI=1S/C24H21F3N4O2/c1-14-29-22(33-14)17-12-20(15-2-3-15)21(28-13-17)16-8-10-31(11-9-16)23(32)30-19-6-4-18(5-7-19)24(25,26)27/h4-8,12-13,15H,2-3,9-11H2,1H3/p+1. The number of carbonyl (C=O) groups excluding carboxylic acids is 1. The monoisotopic (exact) mass is 455 g/mol. The summed E-state index contributed by atoms with van der Waals surface area (Å²) in [5.74, 6) is 1.73. The lowest BCUT2D eigenvalue weighted by atomic mass is 9.96. The molecule has 170 valence electrons. The third-order valence-corrected chi connectivity index (χ3v) is 5.95. The van der Waals surface area contributed by atoms with Crippen LogP contribution in [0, 0.1) is 0 Å². The minimum atomic E-state index is -4.40. The zero-order valence-corrected chi connectivity index (χ0v) is 17.9. The van der Waals surface area contributed by atoms with Crippen molar-refractivity contribution in [2.75, 3.05) is 18.4 Å². The van der Waals surface area contributed by atoms with E-state index in [1.165, 1.54) is 17.7 Å². The van der Waals surface area contributed by atoms with Gasteiger partial charge in [-0.1, -0.05) is 6.08 Å². The highest BCUT2D eigenvalue weighted by Crippen LogP contribution is 2.43. The number of aromatic nitrogens is 1. The van der Waals surface area contributed by atoms with Gasteiger partial charge >= 0.3 is 24.0 Å². The number of urea groups is 1. The highest BCUT2D eigenvalue weighted by atomic mass is 19.4. The van der Waals surface area contributed by atoms with Crippen LogP contribution < -0.4 is 9.98 Å². The van der Waals surface area contributed by atoms with Gasteiger partial charge in [0.1, 0.15) is 5.56 Å². The molecule has 1 aromatic carbocycles. The van der Waals surface area contributed by atoms with E-state index in [9.17, 15) is 18.0 Å². The number of rotatable bonds is 4. The number of carbonyl (C=O) groups is 1. The number of hydrogen-bond donors (Lipinski definition) is 1. The molecule has 2 aromatic rings. The Hall–Kier alpha value is -3.58. The van der Waals surface area contributed by atoms with E-state index < -0.39 is 11.7 Å². The predicted octanol–water partition coefficient (Wildman–Crippen LogP) is 4.56. The van der Waals surface area contributed by atoms with Crippen molar-refractivity contribution in [2.45, 2.75) is 38.3 Å². The fourth-order valence-electron chi connectivity index (χ4n) is 4.00. The summed E-state index contributed by atoms with van der Waals surface area (Å²) >= 11 is 0. The van der Waals surface area contributed by atoms with Gasteiger partial charge in [-0.05, 0) is 71.3 Å². The summed E-state index contributed by atoms with van der Waals surface area (Å²) in [6.07, 6.45) is 2.28. The molecule has 0 atom stereocenters. The topological polar surface area (TPSA) is 68.6 Å². The number of pyridine rings is 1. The lowest BCUT2D eigenvalue weighted by Gasteiger charge is -2.27. The molecule has 9 heteroatoms. The number of alkyl halides is 3. The lowest BCUT2D eigenvalue weighted by molar-refractivity contribution is -0.137. The lowest BCUT2D eigenvalue weighted by Crippen LogP contribution is -2.38. The second-order valence-corrected chi connectivity index (χ2v) is 8.40. The van der Waals surface area contributed by atoms with Crippen LogP contribution in [0.5, 0.6) is 0 Å². The van der Waals surface area contributed by atoms with Crippen LogP contribution in [0.15, 0.2) is 42.6 Å². The highest BCUT2D eigenvalue weighted by molar-refractivity contribution is 6.07. The van der Waals surface area contributed by atoms with Crippen molar-refractivity contribution in [1.82, 2.24) is 14.6 Å². The molecular formula is C24H22F3N4O2+. The normalized spacial score (nSPS) is 17.9. The van der Waals surface area contributed by atoms with Gasteiger partial charge in [0.25, 0.3) is 0 Å². The van der Waals surface area contributed by atoms with E-state index in [2.05, 4.69) is 16.1 Å². The second-order valence-electron chi connectivity index (χ2n) is 8.40. The quantitative estimate of drug-likeness (QED) is 0.688. The van der Waals surface area contributed by atoms with E-state index in [-0.39, 0.29) is 6.03 Å². The van der Waals surface area contributed by atoms with Crippen LogP contribution >= 0.6 is 0 Å². The summed E-state index contributed by atoms with van der Waals surface area (Å²) in [6.45, 7) is 2.70. The van der Waals surface area contributed by atoms with Gasteiger partial charge in [-0.3, -0.25) is 4.98 Å². The molecule has 1 saturated carbocycles. The first-order chi connectivity index (χ1) is 15.8. The van der Waals surface area contributed by atoms with Gasteiger partial charge in [-0.25, -0.2) is 4.79 Å².